The number of hydrogen-bond donors (Lipinski definition) is 0. The normalized spacial score (nSPS) is 17.8. The lowest BCUT2D eigenvalue weighted by atomic mass is 9.98. The maximum Gasteiger partial charge on any atom is 0.237 e. The van der Waals surface area contributed by atoms with Crippen LogP contribution in [0.1, 0.15) is 71.1 Å². The Bertz CT molecular complexity index is 541. The van der Waals surface area contributed by atoms with E-state index in [1.165, 1.54) is 49.8 Å². The molecule has 1 aliphatic rings. The predicted molar refractivity (Wildman–Crippen MR) is 107 cm³/mol. The molecule has 1 saturated heterocycles. The van der Waals surface area contributed by atoms with E-state index in [1.807, 2.05) is 24.3 Å². The SMILES string of the molecule is CCCCCCCCCCC1CC(=O)N(c2ccc(I)cc2)C1=O. The first-order chi connectivity index (χ1) is 11.6. The van der Waals surface area contributed by atoms with Crippen molar-refractivity contribution in [2.75, 3.05) is 4.90 Å². The number of imide groups is 1. The van der Waals surface area contributed by atoms with Gasteiger partial charge in [-0.15, -0.1) is 0 Å². The second kappa shape index (κ2) is 10.2. The number of rotatable bonds is 10. The van der Waals surface area contributed by atoms with E-state index in [2.05, 4.69) is 29.5 Å². The van der Waals surface area contributed by atoms with Crippen molar-refractivity contribution in [1.82, 2.24) is 0 Å². The number of unbranched alkanes of at least 4 members (excludes halogenated alkanes) is 7. The summed E-state index contributed by atoms with van der Waals surface area (Å²) >= 11 is 2.22. The maximum atomic E-state index is 12.5. The highest BCUT2D eigenvalue weighted by atomic mass is 127. The number of hydrogen-bond acceptors (Lipinski definition) is 2. The van der Waals surface area contributed by atoms with E-state index in [9.17, 15) is 9.59 Å². The lowest BCUT2D eigenvalue weighted by Crippen LogP contribution is -2.30. The van der Waals surface area contributed by atoms with Crippen LogP contribution in [0.5, 0.6) is 0 Å². The Morgan fingerprint density at radius 3 is 2.17 bits per heavy atom. The van der Waals surface area contributed by atoms with Gasteiger partial charge in [-0.2, -0.15) is 0 Å². The van der Waals surface area contributed by atoms with Crippen molar-refractivity contribution >= 4 is 40.1 Å². The van der Waals surface area contributed by atoms with E-state index >= 15 is 0 Å². The Kier molecular flexibility index (Phi) is 8.22. The van der Waals surface area contributed by atoms with Gasteiger partial charge >= 0.3 is 0 Å². The van der Waals surface area contributed by atoms with E-state index in [1.54, 1.807) is 0 Å². The molecule has 24 heavy (non-hydrogen) atoms. The Balaban J connectivity index is 1.72. The van der Waals surface area contributed by atoms with E-state index in [-0.39, 0.29) is 17.7 Å². The summed E-state index contributed by atoms with van der Waals surface area (Å²) in [4.78, 5) is 26.1. The molecule has 1 aliphatic heterocycles. The molecule has 0 saturated carbocycles. The molecular weight excluding hydrogens is 413 g/mol. The molecule has 2 amide bonds. The molecule has 3 nitrogen and oxygen atoms in total. The molecule has 1 aromatic rings. The molecule has 1 aromatic carbocycles. The molecule has 4 heteroatoms. The summed E-state index contributed by atoms with van der Waals surface area (Å²) in [7, 11) is 0. The van der Waals surface area contributed by atoms with Crippen LogP contribution in [-0.2, 0) is 9.59 Å². The summed E-state index contributed by atoms with van der Waals surface area (Å²) in [6.45, 7) is 2.24. The minimum Gasteiger partial charge on any atom is -0.274 e. The Hall–Kier alpha value is -0.910. The first kappa shape index (κ1) is 19.4. The fraction of sp³-hybridized carbons (Fsp3) is 0.600. The fourth-order valence-electron chi connectivity index (χ4n) is 3.31. The second-order valence-electron chi connectivity index (χ2n) is 6.71. The lowest BCUT2D eigenvalue weighted by Gasteiger charge is -2.15. The molecule has 2 rings (SSSR count). The lowest BCUT2D eigenvalue weighted by molar-refractivity contribution is -0.122. The van der Waals surface area contributed by atoms with Crippen LogP contribution in [0.3, 0.4) is 0 Å². The van der Waals surface area contributed by atoms with Gasteiger partial charge in [0.05, 0.1) is 5.69 Å². The van der Waals surface area contributed by atoms with Crippen LogP contribution in [0.4, 0.5) is 5.69 Å². The van der Waals surface area contributed by atoms with Gasteiger partial charge in [0.2, 0.25) is 11.8 Å². The van der Waals surface area contributed by atoms with Gasteiger partial charge in [0, 0.05) is 15.9 Å². The van der Waals surface area contributed by atoms with E-state index in [0.717, 1.165) is 16.4 Å². The van der Waals surface area contributed by atoms with Crippen molar-refractivity contribution in [2.45, 2.75) is 71.1 Å². The van der Waals surface area contributed by atoms with Crippen molar-refractivity contribution in [3.8, 4) is 0 Å². The standard InChI is InChI=1S/C20H28INO2/c1-2-3-4-5-6-7-8-9-10-16-15-19(23)22(20(16)24)18-13-11-17(21)12-14-18/h11-14,16H,2-10,15H2,1H3. The fourth-order valence-corrected chi connectivity index (χ4v) is 3.67. The van der Waals surface area contributed by atoms with Crippen LogP contribution in [0, 0.1) is 9.49 Å². The largest absolute Gasteiger partial charge is 0.274 e. The van der Waals surface area contributed by atoms with Crippen LogP contribution < -0.4 is 4.90 Å². The Morgan fingerprint density at radius 1 is 0.958 bits per heavy atom. The Morgan fingerprint density at radius 2 is 1.54 bits per heavy atom. The molecule has 1 unspecified atom stereocenters. The number of benzene rings is 1. The topological polar surface area (TPSA) is 37.4 Å². The molecular formula is C20H28INO2. The van der Waals surface area contributed by atoms with Gasteiger partial charge in [-0.1, -0.05) is 58.3 Å². The average molecular weight is 441 g/mol. The van der Waals surface area contributed by atoms with Crippen molar-refractivity contribution in [3.05, 3.63) is 27.8 Å². The first-order valence-electron chi connectivity index (χ1n) is 9.26. The highest BCUT2D eigenvalue weighted by Crippen LogP contribution is 2.30. The molecule has 0 aromatic heterocycles. The van der Waals surface area contributed by atoms with Gasteiger partial charge < -0.3 is 0 Å². The van der Waals surface area contributed by atoms with Gasteiger partial charge in [-0.05, 0) is 53.3 Å². The number of anilines is 1. The number of nitrogens with zero attached hydrogens (tertiary/aromatic N) is 1. The molecule has 1 heterocycles. The van der Waals surface area contributed by atoms with E-state index in [0.29, 0.717) is 12.1 Å². The van der Waals surface area contributed by atoms with Crippen molar-refractivity contribution in [3.63, 3.8) is 0 Å². The average Bonchev–Trinajstić information content (AvgIpc) is 2.85. The molecule has 0 bridgehead atoms. The molecule has 0 N–H and O–H groups in total. The minimum absolute atomic E-state index is 0.0100. The summed E-state index contributed by atoms with van der Waals surface area (Å²) in [5.74, 6) is -0.174. The zero-order valence-corrected chi connectivity index (χ0v) is 16.8. The molecule has 0 spiro atoms. The van der Waals surface area contributed by atoms with E-state index < -0.39 is 0 Å². The van der Waals surface area contributed by atoms with Gasteiger partial charge in [0.25, 0.3) is 0 Å². The van der Waals surface area contributed by atoms with Crippen LogP contribution >= 0.6 is 22.6 Å². The summed E-state index contributed by atoms with van der Waals surface area (Å²) in [6.07, 6.45) is 11.3. The maximum absolute atomic E-state index is 12.5. The van der Waals surface area contributed by atoms with Crippen LogP contribution in [-0.4, -0.2) is 11.8 Å². The van der Waals surface area contributed by atoms with Crippen molar-refractivity contribution in [2.24, 2.45) is 5.92 Å². The van der Waals surface area contributed by atoms with Crippen LogP contribution in [0.25, 0.3) is 0 Å². The third-order valence-electron chi connectivity index (χ3n) is 4.73. The first-order valence-corrected chi connectivity index (χ1v) is 10.3. The van der Waals surface area contributed by atoms with Gasteiger partial charge in [0.1, 0.15) is 0 Å². The quantitative estimate of drug-likeness (QED) is 0.265. The molecule has 0 aliphatic carbocycles. The highest BCUT2D eigenvalue weighted by molar-refractivity contribution is 14.1. The van der Waals surface area contributed by atoms with Gasteiger partial charge in [-0.3, -0.25) is 14.5 Å². The summed E-state index contributed by atoms with van der Waals surface area (Å²) in [5, 5.41) is 0. The zero-order valence-electron chi connectivity index (χ0n) is 14.6. The number of carbonyl (C=O) groups excluding carboxylic acids is 2. The zero-order chi connectivity index (χ0) is 17.4. The van der Waals surface area contributed by atoms with Crippen LogP contribution in [0.15, 0.2) is 24.3 Å². The molecule has 0 radical (unpaired) electrons. The summed E-state index contributed by atoms with van der Waals surface area (Å²) in [6, 6.07) is 7.58. The molecule has 1 atom stereocenters. The highest BCUT2D eigenvalue weighted by Gasteiger charge is 2.38. The number of halogens is 1. The smallest absolute Gasteiger partial charge is 0.237 e. The van der Waals surface area contributed by atoms with Gasteiger partial charge in [0.15, 0.2) is 0 Å². The molecule has 132 valence electrons. The Labute approximate surface area is 159 Å². The second-order valence-corrected chi connectivity index (χ2v) is 7.95. The van der Waals surface area contributed by atoms with E-state index in [4.69, 9.17) is 0 Å². The number of carbonyl (C=O) groups is 2. The summed E-state index contributed by atoms with van der Waals surface area (Å²) in [5.41, 5.74) is 0.712. The van der Waals surface area contributed by atoms with Crippen LogP contribution in [0.2, 0.25) is 0 Å². The summed E-state index contributed by atoms with van der Waals surface area (Å²) < 4.78 is 1.10. The predicted octanol–water partition coefficient (Wildman–Crippen LogP) is 5.70. The third kappa shape index (κ3) is 5.57. The number of amides is 2. The molecule has 1 fully saturated rings. The minimum atomic E-state index is -0.114. The monoisotopic (exact) mass is 441 g/mol. The van der Waals surface area contributed by atoms with Crippen molar-refractivity contribution in [1.29, 1.82) is 0 Å². The third-order valence-corrected chi connectivity index (χ3v) is 5.45. The van der Waals surface area contributed by atoms with Crippen molar-refractivity contribution < 1.29 is 9.59 Å². The van der Waals surface area contributed by atoms with Gasteiger partial charge in [-0.25, -0.2) is 0 Å².